The number of likely N-dealkylation sites (tertiary alicyclic amines) is 1. The molecule has 1 aliphatic heterocycles. The first kappa shape index (κ1) is 21.8. The lowest BCUT2D eigenvalue weighted by molar-refractivity contribution is -0.132. The highest BCUT2D eigenvalue weighted by Crippen LogP contribution is 2.16. The molecule has 0 radical (unpaired) electrons. The highest BCUT2D eigenvalue weighted by molar-refractivity contribution is 7.89. The molecule has 1 amide bonds. The first-order chi connectivity index (χ1) is 11.4. The highest BCUT2D eigenvalue weighted by Gasteiger charge is 2.23. The van der Waals surface area contributed by atoms with Crippen molar-refractivity contribution in [3.63, 3.8) is 0 Å². The third-order valence-electron chi connectivity index (χ3n) is 4.12. The van der Waals surface area contributed by atoms with Gasteiger partial charge in [0.15, 0.2) is 0 Å². The zero-order valence-electron chi connectivity index (χ0n) is 14.2. The number of nitrogens with zero attached hydrogens (tertiary/aromatic N) is 1. The van der Waals surface area contributed by atoms with Gasteiger partial charge in [-0.15, -0.1) is 12.4 Å². The first-order valence-electron chi connectivity index (χ1n) is 8.10. The van der Waals surface area contributed by atoms with Gasteiger partial charge in [0.25, 0.3) is 0 Å². The molecule has 0 aromatic heterocycles. The van der Waals surface area contributed by atoms with Crippen LogP contribution in [0.3, 0.4) is 0 Å². The number of carbonyl (C=O) groups excluding carboxylic acids is 1. The van der Waals surface area contributed by atoms with Crippen LogP contribution in [0, 0.1) is 11.7 Å². The van der Waals surface area contributed by atoms with E-state index in [1.807, 2.05) is 7.05 Å². The number of hydrogen-bond donors (Lipinski definition) is 2. The van der Waals surface area contributed by atoms with Gasteiger partial charge in [-0.3, -0.25) is 4.79 Å². The Balaban J connectivity index is 0.00000312. The van der Waals surface area contributed by atoms with E-state index in [1.165, 1.54) is 12.1 Å². The van der Waals surface area contributed by atoms with E-state index in [9.17, 15) is 17.6 Å². The van der Waals surface area contributed by atoms with Gasteiger partial charge in [0, 0.05) is 26.1 Å². The van der Waals surface area contributed by atoms with Crippen molar-refractivity contribution < 1.29 is 17.6 Å². The van der Waals surface area contributed by atoms with Gasteiger partial charge in [-0.05, 0) is 56.6 Å². The third-order valence-corrected chi connectivity index (χ3v) is 5.60. The Morgan fingerprint density at radius 1 is 1.32 bits per heavy atom. The Labute approximate surface area is 154 Å². The lowest BCUT2D eigenvalue weighted by atomic mass is 9.98. The Bertz CT molecular complexity index is 653. The number of piperidine rings is 1. The lowest BCUT2D eigenvalue weighted by Crippen LogP contribution is -2.43. The van der Waals surface area contributed by atoms with E-state index < -0.39 is 15.8 Å². The van der Waals surface area contributed by atoms with Crippen molar-refractivity contribution in [2.75, 3.05) is 33.2 Å². The van der Waals surface area contributed by atoms with Crippen molar-refractivity contribution >= 4 is 28.3 Å². The van der Waals surface area contributed by atoms with Gasteiger partial charge >= 0.3 is 0 Å². The Morgan fingerprint density at radius 3 is 2.64 bits per heavy atom. The van der Waals surface area contributed by atoms with Gasteiger partial charge in [-0.1, -0.05) is 0 Å². The number of nitrogens with one attached hydrogen (secondary N) is 2. The fourth-order valence-electron chi connectivity index (χ4n) is 2.89. The van der Waals surface area contributed by atoms with Crippen LogP contribution in [-0.2, 0) is 14.8 Å². The molecule has 1 saturated heterocycles. The fraction of sp³-hybridized carbons (Fsp3) is 0.562. The number of benzene rings is 1. The summed E-state index contributed by atoms with van der Waals surface area (Å²) < 4.78 is 39.4. The number of hydrogen-bond acceptors (Lipinski definition) is 4. The topological polar surface area (TPSA) is 78.5 Å². The van der Waals surface area contributed by atoms with Gasteiger partial charge in [0.1, 0.15) is 5.82 Å². The predicted molar refractivity (Wildman–Crippen MR) is 96.7 cm³/mol. The molecule has 142 valence electrons. The van der Waals surface area contributed by atoms with Crippen molar-refractivity contribution in [1.82, 2.24) is 14.9 Å². The average Bonchev–Trinajstić information content (AvgIpc) is 2.55. The van der Waals surface area contributed by atoms with Crippen LogP contribution in [0.25, 0.3) is 0 Å². The zero-order valence-corrected chi connectivity index (χ0v) is 15.8. The van der Waals surface area contributed by atoms with E-state index in [1.54, 1.807) is 4.90 Å². The molecular weight excluding hydrogens is 369 g/mol. The standard InChI is InChI=1S/C16H24FN3O3S.ClH/c1-18-11-13-3-2-10-20(12-13)16(21)8-9-19-24(22,23)15-6-4-14(17)5-7-15;/h4-7,13,18-19H,2-3,8-12H2,1H3;1H. The molecule has 1 aromatic rings. The molecule has 6 nitrogen and oxygen atoms in total. The highest BCUT2D eigenvalue weighted by atomic mass is 35.5. The molecule has 0 spiro atoms. The first-order valence-corrected chi connectivity index (χ1v) is 9.58. The molecule has 1 atom stereocenters. The molecule has 0 saturated carbocycles. The molecule has 9 heteroatoms. The number of sulfonamides is 1. The number of carbonyl (C=O) groups is 1. The third kappa shape index (κ3) is 6.54. The zero-order chi connectivity index (χ0) is 17.6. The molecule has 0 aliphatic carbocycles. The van der Waals surface area contributed by atoms with Crippen LogP contribution in [0.5, 0.6) is 0 Å². The summed E-state index contributed by atoms with van der Waals surface area (Å²) in [5.41, 5.74) is 0. The summed E-state index contributed by atoms with van der Waals surface area (Å²) in [7, 11) is -1.83. The summed E-state index contributed by atoms with van der Waals surface area (Å²) in [5.74, 6) is -0.0911. The number of amides is 1. The van der Waals surface area contributed by atoms with E-state index in [4.69, 9.17) is 0 Å². The molecule has 2 rings (SSSR count). The maximum Gasteiger partial charge on any atom is 0.240 e. The minimum absolute atomic E-state index is 0. The predicted octanol–water partition coefficient (Wildman–Crippen LogP) is 1.37. The van der Waals surface area contributed by atoms with E-state index in [0.29, 0.717) is 12.5 Å². The van der Waals surface area contributed by atoms with Gasteiger partial charge in [-0.2, -0.15) is 0 Å². The second kappa shape index (κ2) is 10.1. The van der Waals surface area contributed by atoms with Crippen molar-refractivity contribution in [2.24, 2.45) is 5.92 Å². The molecular formula is C16H25ClFN3O3S. The Morgan fingerprint density at radius 2 is 2.00 bits per heavy atom. The maximum absolute atomic E-state index is 12.9. The Kier molecular flexibility index (Phi) is 8.78. The van der Waals surface area contributed by atoms with E-state index in [-0.39, 0.29) is 36.2 Å². The van der Waals surface area contributed by atoms with Crippen LogP contribution >= 0.6 is 12.4 Å². The minimum Gasteiger partial charge on any atom is -0.342 e. The van der Waals surface area contributed by atoms with Crippen molar-refractivity contribution in [3.8, 4) is 0 Å². The summed E-state index contributed by atoms with van der Waals surface area (Å²) in [6.07, 6.45) is 2.19. The van der Waals surface area contributed by atoms with E-state index in [2.05, 4.69) is 10.0 Å². The molecule has 1 heterocycles. The minimum atomic E-state index is -3.72. The summed E-state index contributed by atoms with van der Waals surface area (Å²) >= 11 is 0. The second-order valence-electron chi connectivity index (χ2n) is 6.01. The van der Waals surface area contributed by atoms with Gasteiger partial charge in [-0.25, -0.2) is 17.5 Å². The molecule has 0 bridgehead atoms. The second-order valence-corrected chi connectivity index (χ2v) is 7.77. The van der Waals surface area contributed by atoms with Crippen LogP contribution in [0.4, 0.5) is 4.39 Å². The van der Waals surface area contributed by atoms with Gasteiger partial charge in [0.2, 0.25) is 15.9 Å². The molecule has 2 N–H and O–H groups in total. The monoisotopic (exact) mass is 393 g/mol. The van der Waals surface area contributed by atoms with Gasteiger partial charge < -0.3 is 10.2 Å². The maximum atomic E-state index is 12.9. The van der Waals surface area contributed by atoms with Crippen LogP contribution in [0.15, 0.2) is 29.2 Å². The fourth-order valence-corrected chi connectivity index (χ4v) is 3.93. The normalized spacial score (nSPS) is 17.8. The quantitative estimate of drug-likeness (QED) is 0.733. The Hall–Kier alpha value is -1.22. The summed E-state index contributed by atoms with van der Waals surface area (Å²) in [5, 5.41) is 3.13. The van der Waals surface area contributed by atoms with Crippen LogP contribution in [-0.4, -0.2) is 52.5 Å². The molecule has 1 aliphatic rings. The van der Waals surface area contributed by atoms with E-state index in [0.717, 1.165) is 38.1 Å². The number of rotatable bonds is 7. The lowest BCUT2D eigenvalue weighted by Gasteiger charge is -2.32. The van der Waals surface area contributed by atoms with Crippen LogP contribution < -0.4 is 10.0 Å². The number of halogens is 2. The molecule has 1 unspecified atom stereocenters. The SMILES string of the molecule is CNCC1CCCN(C(=O)CCNS(=O)(=O)c2ccc(F)cc2)C1.Cl. The smallest absolute Gasteiger partial charge is 0.240 e. The summed E-state index contributed by atoms with van der Waals surface area (Å²) in [6.45, 7) is 2.35. The molecule has 25 heavy (non-hydrogen) atoms. The van der Waals surface area contributed by atoms with Gasteiger partial charge in [0.05, 0.1) is 4.90 Å². The summed E-state index contributed by atoms with van der Waals surface area (Å²) in [4.78, 5) is 14.0. The van der Waals surface area contributed by atoms with Crippen LogP contribution in [0.2, 0.25) is 0 Å². The van der Waals surface area contributed by atoms with Crippen molar-refractivity contribution in [2.45, 2.75) is 24.2 Å². The largest absolute Gasteiger partial charge is 0.342 e. The van der Waals surface area contributed by atoms with E-state index >= 15 is 0 Å². The van der Waals surface area contributed by atoms with Crippen molar-refractivity contribution in [3.05, 3.63) is 30.1 Å². The molecule has 1 aromatic carbocycles. The average molecular weight is 394 g/mol. The molecule has 1 fully saturated rings. The van der Waals surface area contributed by atoms with Crippen molar-refractivity contribution in [1.29, 1.82) is 0 Å². The van der Waals surface area contributed by atoms with Crippen LogP contribution in [0.1, 0.15) is 19.3 Å². The summed E-state index contributed by atoms with van der Waals surface area (Å²) in [6, 6.07) is 4.59.